The van der Waals surface area contributed by atoms with Gasteiger partial charge in [0.25, 0.3) is 11.1 Å². The Labute approximate surface area is 162 Å². The van der Waals surface area contributed by atoms with Crippen LogP contribution in [0.4, 0.5) is 19.3 Å². The molecule has 0 unspecified atom stereocenters. The summed E-state index contributed by atoms with van der Waals surface area (Å²) in [6.07, 6.45) is 1.46. The fourth-order valence-electron chi connectivity index (χ4n) is 2.29. The number of amides is 3. The number of nitrogens with zero attached hydrogens (tertiary/aromatic N) is 1. The summed E-state index contributed by atoms with van der Waals surface area (Å²) < 4.78 is 26.5. The van der Waals surface area contributed by atoms with Crippen molar-refractivity contribution < 1.29 is 23.2 Å². The van der Waals surface area contributed by atoms with Gasteiger partial charge in [-0.2, -0.15) is 0 Å². The lowest BCUT2D eigenvalue weighted by Crippen LogP contribution is -2.36. The summed E-state index contributed by atoms with van der Waals surface area (Å²) in [4.78, 5) is 37.4. The molecule has 1 saturated heterocycles. The number of nitrogens with one attached hydrogen (secondary N) is 1. The van der Waals surface area contributed by atoms with Crippen LogP contribution in [0.15, 0.2) is 47.4 Å². The van der Waals surface area contributed by atoms with Crippen molar-refractivity contribution in [3.8, 4) is 0 Å². The Balaban J connectivity index is 1.72. The van der Waals surface area contributed by atoms with E-state index in [0.717, 1.165) is 17.0 Å². The van der Waals surface area contributed by atoms with E-state index in [1.54, 1.807) is 24.3 Å². The zero-order chi connectivity index (χ0) is 19.6. The fourth-order valence-corrected chi connectivity index (χ4v) is 3.31. The van der Waals surface area contributed by atoms with Gasteiger partial charge in [-0.25, -0.2) is 8.78 Å². The van der Waals surface area contributed by atoms with Crippen molar-refractivity contribution in [2.24, 2.45) is 0 Å². The number of carbonyl (C=O) groups is 3. The van der Waals surface area contributed by atoms with Gasteiger partial charge in [-0.3, -0.25) is 19.3 Å². The van der Waals surface area contributed by atoms with E-state index in [4.69, 9.17) is 11.6 Å². The van der Waals surface area contributed by atoms with Crippen LogP contribution in [-0.2, 0) is 9.59 Å². The number of hydrogen-bond acceptors (Lipinski definition) is 4. The first-order chi connectivity index (χ1) is 12.8. The SMILES string of the molecule is O=C(CN1C(=O)SC(=Cc2ccccc2Cl)C1=O)Nc1ccc(F)cc1F. The molecule has 9 heteroatoms. The second kappa shape index (κ2) is 7.89. The van der Waals surface area contributed by atoms with Crippen LogP contribution in [-0.4, -0.2) is 28.5 Å². The van der Waals surface area contributed by atoms with Crippen molar-refractivity contribution in [3.05, 3.63) is 69.6 Å². The predicted octanol–water partition coefficient (Wildman–Crippen LogP) is 4.29. The van der Waals surface area contributed by atoms with E-state index >= 15 is 0 Å². The Morgan fingerprint density at radius 3 is 2.63 bits per heavy atom. The molecule has 1 heterocycles. The molecular weight excluding hydrogens is 398 g/mol. The molecule has 2 aromatic rings. The molecule has 2 aromatic carbocycles. The highest BCUT2D eigenvalue weighted by Gasteiger charge is 2.36. The number of rotatable bonds is 4. The zero-order valence-electron chi connectivity index (χ0n) is 13.5. The minimum Gasteiger partial charge on any atom is -0.322 e. The highest BCUT2D eigenvalue weighted by molar-refractivity contribution is 8.18. The molecule has 1 aliphatic heterocycles. The third kappa shape index (κ3) is 4.35. The van der Waals surface area contributed by atoms with E-state index in [9.17, 15) is 23.2 Å². The third-order valence-corrected chi connectivity index (χ3v) is 4.82. The highest BCUT2D eigenvalue weighted by Crippen LogP contribution is 2.33. The normalized spacial score (nSPS) is 15.5. The lowest BCUT2D eigenvalue weighted by Gasteiger charge is -2.12. The van der Waals surface area contributed by atoms with Crippen LogP contribution in [0.1, 0.15) is 5.56 Å². The summed E-state index contributed by atoms with van der Waals surface area (Å²) in [6.45, 7) is -0.596. The number of thioether (sulfide) groups is 1. The minimum atomic E-state index is -0.962. The van der Waals surface area contributed by atoms with Gasteiger partial charge in [-0.05, 0) is 41.6 Å². The van der Waals surface area contributed by atoms with Crippen LogP contribution in [0.25, 0.3) is 6.08 Å². The Bertz CT molecular complexity index is 981. The summed E-state index contributed by atoms with van der Waals surface area (Å²) in [5.74, 6) is -3.20. The molecule has 1 aliphatic rings. The first kappa shape index (κ1) is 19.1. The summed E-state index contributed by atoms with van der Waals surface area (Å²) in [6, 6.07) is 9.42. The molecular formula is C18H11ClF2N2O3S. The topological polar surface area (TPSA) is 66.5 Å². The van der Waals surface area contributed by atoms with Crippen molar-refractivity contribution in [1.82, 2.24) is 4.90 Å². The molecule has 1 N–H and O–H groups in total. The van der Waals surface area contributed by atoms with Crippen molar-refractivity contribution in [2.45, 2.75) is 0 Å². The quantitative estimate of drug-likeness (QED) is 0.766. The molecule has 27 heavy (non-hydrogen) atoms. The van der Waals surface area contributed by atoms with Gasteiger partial charge in [0, 0.05) is 11.1 Å². The van der Waals surface area contributed by atoms with Crippen LogP contribution in [0.2, 0.25) is 5.02 Å². The molecule has 0 radical (unpaired) electrons. The molecule has 0 bridgehead atoms. The summed E-state index contributed by atoms with van der Waals surface area (Å²) in [7, 11) is 0. The van der Waals surface area contributed by atoms with Gasteiger partial charge in [0.1, 0.15) is 18.2 Å². The summed E-state index contributed by atoms with van der Waals surface area (Å²) in [5.41, 5.74) is 0.308. The smallest absolute Gasteiger partial charge is 0.294 e. The van der Waals surface area contributed by atoms with Gasteiger partial charge in [-0.15, -0.1) is 0 Å². The van der Waals surface area contributed by atoms with Gasteiger partial charge in [0.2, 0.25) is 5.91 Å². The monoisotopic (exact) mass is 408 g/mol. The van der Waals surface area contributed by atoms with Crippen molar-refractivity contribution >= 4 is 52.2 Å². The number of carbonyl (C=O) groups excluding carboxylic acids is 3. The molecule has 0 spiro atoms. The van der Waals surface area contributed by atoms with E-state index in [-0.39, 0.29) is 10.6 Å². The maximum atomic E-state index is 13.6. The molecule has 0 atom stereocenters. The van der Waals surface area contributed by atoms with E-state index in [2.05, 4.69) is 5.32 Å². The number of imide groups is 1. The van der Waals surface area contributed by atoms with Crippen LogP contribution < -0.4 is 5.32 Å². The van der Waals surface area contributed by atoms with Crippen LogP contribution in [0, 0.1) is 11.6 Å². The Kier molecular flexibility index (Phi) is 5.57. The lowest BCUT2D eigenvalue weighted by molar-refractivity contribution is -0.127. The van der Waals surface area contributed by atoms with E-state index in [0.29, 0.717) is 28.4 Å². The largest absolute Gasteiger partial charge is 0.322 e. The highest BCUT2D eigenvalue weighted by atomic mass is 35.5. The molecule has 3 amide bonds. The molecule has 1 fully saturated rings. The van der Waals surface area contributed by atoms with Crippen LogP contribution >= 0.6 is 23.4 Å². The average molecular weight is 409 g/mol. The van der Waals surface area contributed by atoms with Gasteiger partial charge in [0.15, 0.2) is 0 Å². The first-order valence-corrected chi connectivity index (χ1v) is 8.79. The molecule has 5 nitrogen and oxygen atoms in total. The predicted molar refractivity (Wildman–Crippen MR) is 99.1 cm³/mol. The fraction of sp³-hybridized carbons (Fsp3) is 0.0556. The average Bonchev–Trinajstić information content (AvgIpc) is 2.87. The van der Waals surface area contributed by atoms with Gasteiger partial charge < -0.3 is 5.32 Å². The summed E-state index contributed by atoms with van der Waals surface area (Å²) >= 11 is 6.71. The zero-order valence-corrected chi connectivity index (χ0v) is 15.1. The number of anilines is 1. The van der Waals surface area contributed by atoms with Gasteiger partial charge in [-0.1, -0.05) is 29.8 Å². The van der Waals surface area contributed by atoms with Gasteiger partial charge in [0.05, 0.1) is 10.6 Å². The van der Waals surface area contributed by atoms with E-state index in [1.807, 2.05) is 0 Å². The lowest BCUT2D eigenvalue weighted by atomic mass is 10.2. The van der Waals surface area contributed by atoms with Crippen LogP contribution in [0.5, 0.6) is 0 Å². The minimum absolute atomic E-state index is 0.119. The molecule has 3 rings (SSSR count). The molecule has 0 aliphatic carbocycles. The van der Waals surface area contributed by atoms with Crippen molar-refractivity contribution in [2.75, 3.05) is 11.9 Å². The standard InChI is InChI=1S/C18H11ClF2N2O3S/c19-12-4-2-1-3-10(12)7-15-17(25)23(18(26)27-15)9-16(24)22-14-6-5-11(20)8-13(14)21/h1-8H,9H2,(H,22,24). The molecule has 138 valence electrons. The number of benzene rings is 2. The van der Waals surface area contributed by atoms with Crippen molar-refractivity contribution in [3.63, 3.8) is 0 Å². The second-order valence-electron chi connectivity index (χ2n) is 5.46. The maximum absolute atomic E-state index is 13.6. The van der Waals surface area contributed by atoms with E-state index < -0.39 is 35.2 Å². The molecule has 0 aromatic heterocycles. The molecule has 0 saturated carbocycles. The Hall–Kier alpha value is -2.71. The third-order valence-electron chi connectivity index (χ3n) is 3.57. The van der Waals surface area contributed by atoms with Crippen molar-refractivity contribution in [1.29, 1.82) is 0 Å². The summed E-state index contributed by atoms with van der Waals surface area (Å²) in [5, 5.41) is 1.98. The number of hydrogen-bond donors (Lipinski definition) is 1. The maximum Gasteiger partial charge on any atom is 0.294 e. The van der Waals surface area contributed by atoms with Gasteiger partial charge >= 0.3 is 0 Å². The second-order valence-corrected chi connectivity index (χ2v) is 6.86. The first-order valence-electron chi connectivity index (χ1n) is 7.60. The Morgan fingerprint density at radius 2 is 1.93 bits per heavy atom. The van der Waals surface area contributed by atoms with Crippen LogP contribution in [0.3, 0.4) is 0 Å². The Morgan fingerprint density at radius 1 is 1.19 bits per heavy atom. The number of halogens is 3. The van der Waals surface area contributed by atoms with E-state index in [1.165, 1.54) is 6.08 Å².